The van der Waals surface area contributed by atoms with Gasteiger partial charge in [0.1, 0.15) is 0 Å². The van der Waals surface area contributed by atoms with E-state index in [4.69, 9.17) is 24.5 Å². The van der Waals surface area contributed by atoms with Gasteiger partial charge in [0.2, 0.25) is 10.0 Å². The maximum atomic E-state index is 12.4. The molecule has 0 bridgehead atoms. The molecule has 4 rings (SSSR count). The maximum absolute atomic E-state index is 12.4. The van der Waals surface area contributed by atoms with E-state index in [0.717, 1.165) is 25.3 Å². The summed E-state index contributed by atoms with van der Waals surface area (Å²) in [6.45, 7) is 3.63. The number of rotatable bonds is 6. The number of hydrogen-bond acceptors (Lipinski definition) is 7. The van der Waals surface area contributed by atoms with Gasteiger partial charge in [-0.1, -0.05) is 24.3 Å². The van der Waals surface area contributed by atoms with Crippen LogP contribution in [0.5, 0.6) is 0 Å². The number of hydrogen-bond donors (Lipinski definition) is 3. The number of pyridine rings is 1. The molecule has 17 heteroatoms. The molecule has 2 fully saturated rings. The highest BCUT2D eigenvalue weighted by molar-refractivity contribution is 7.89. The normalized spacial score (nSPS) is 20.9. The van der Waals surface area contributed by atoms with Crippen molar-refractivity contribution in [3.8, 4) is 0 Å². The molecule has 1 aromatic heterocycles. The summed E-state index contributed by atoms with van der Waals surface area (Å²) in [5.41, 5.74) is 1.05. The molecule has 0 saturated carbocycles. The van der Waals surface area contributed by atoms with Crippen LogP contribution in [-0.2, 0) is 30.9 Å². The predicted octanol–water partition coefficient (Wildman–Crippen LogP) is 2.77. The van der Waals surface area contributed by atoms with Gasteiger partial charge in [-0.05, 0) is 24.3 Å². The number of aromatic nitrogens is 1. The second-order valence-electron chi connectivity index (χ2n) is 8.58. The Morgan fingerprint density at radius 3 is 2.00 bits per heavy atom. The van der Waals surface area contributed by atoms with Crippen LogP contribution in [0.2, 0.25) is 0 Å². The van der Waals surface area contributed by atoms with Gasteiger partial charge in [0.05, 0.1) is 23.3 Å². The first kappa shape index (κ1) is 32.9. The second kappa shape index (κ2) is 13.9. The molecule has 2 aliphatic heterocycles. The smallest absolute Gasteiger partial charge is 0.475 e. The standard InChI is InChI=1S/C19H23N3O3S.2C2HF3O2/c23-26(24,17-7-2-1-3-8-17)21-10-15-14-25-19-13-22(12-18(15)19)11-16-6-4-5-9-20-16;2*3-2(4,5)1(6)7/h1-9,15,18-19,21H,10-14H2;2*(H,6,7)/t15-,18+,19+;;/m0../s1. The van der Waals surface area contributed by atoms with E-state index in [2.05, 4.69) is 14.6 Å². The lowest BCUT2D eigenvalue weighted by atomic mass is 9.93. The van der Waals surface area contributed by atoms with Crippen LogP contribution in [0.15, 0.2) is 59.6 Å². The Labute approximate surface area is 224 Å². The molecule has 0 spiro atoms. The lowest BCUT2D eigenvalue weighted by molar-refractivity contribution is -0.193. The lowest BCUT2D eigenvalue weighted by Crippen LogP contribution is -2.34. The van der Waals surface area contributed by atoms with Gasteiger partial charge < -0.3 is 14.9 Å². The molecule has 40 heavy (non-hydrogen) atoms. The van der Waals surface area contributed by atoms with Gasteiger partial charge in [-0.25, -0.2) is 22.7 Å². The lowest BCUT2D eigenvalue weighted by Gasteiger charge is -2.19. The minimum absolute atomic E-state index is 0.185. The first-order valence-electron chi connectivity index (χ1n) is 11.4. The molecule has 3 atom stereocenters. The summed E-state index contributed by atoms with van der Waals surface area (Å²) in [6.07, 6.45) is -8.17. The van der Waals surface area contributed by atoms with Crippen LogP contribution in [0.4, 0.5) is 26.3 Å². The first-order valence-corrected chi connectivity index (χ1v) is 12.9. The van der Waals surface area contributed by atoms with Crippen molar-refractivity contribution < 1.29 is 59.3 Å². The maximum Gasteiger partial charge on any atom is 0.490 e. The van der Waals surface area contributed by atoms with E-state index in [0.29, 0.717) is 24.0 Å². The SMILES string of the molecule is O=C(O)C(F)(F)F.O=C(O)C(F)(F)F.O=S(=O)(NC[C@H]1CO[C@@H]2CN(Cc3ccccn3)C[C@H]12)c1ccccc1. The number of nitrogens with zero attached hydrogens (tertiary/aromatic N) is 2. The van der Waals surface area contributed by atoms with Gasteiger partial charge in [-0.15, -0.1) is 0 Å². The molecule has 3 heterocycles. The van der Waals surface area contributed by atoms with Crippen molar-refractivity contribution >= 4 is 22.0 Å². The Bertz CT molecular complexity index is 1190. The van der Waals surface area contributed by atoms with Crippen molar-refractivity contribution in [2.75, 3.05) is 26.2 Å². The van der Waals surface area contributed by atoms with E-state index in [1.807, 2.05) is 30.5 Å². The summed E-state index contributed by atoms with van der Waals surface area (Å²) in [5.74, 6) is -4.95. The molecule has 1 aromatic carbocycles. The third-order valence-electron chi connectivity index (χ3n) is 5.70. The summed E-state index contributed by atoms with van der Waals surface area (Å²) in [4.78, 5) is 24.8. The molecule has 3 N–H and O–H groups in total. The number of carboxylic acids is 2. The third kappa shape index (κ3) is 10.4. The van der Waals surface area contributed by atoms with Crippen molar-refractivity contribution in [3.05, 3.63) is 60.4 Å². The minimum atomic E-state index is -5.08. The first-order chi connectivity index (χ1) is 18.5. The van der Waals surface area contributed by atoms with Gasteiger partial charge in [0.25, 0.3) is 0 Å². The molecule has 10 nitrogen and oxygen atoms in total. The summed E-state index contributed by atoms with van der Waals surface area (Å²) < 4.78 is 97.0. The Kier molecular flexibility index (Phi) is 11.4. The largest absolute Gasteiger partial charge is 0.490 e. The van der Waals surface area contributed by atoms with Crippen LogP contribution < -0.4 is 4.72 Å². The number of fused-ring (bicyclic) bond motifs is 1. The fraction of sp³-hybridized carbons (Fsp3) is 0.435. The summed E-state index contributed by atoms with van der Waals surface area (Å²) in [5, 5.41) is 14.2. The number of alkyl halides is 6. The van der Waals surface area contributed by atoms with E-state index in [-0.39, 0.29) is 12.0 Å². The average molecular weight is 602 g/mol. The number of aliphatic carboxylic acids is 2. The number of likely N-dealkylation sites (tertiary alicyclic amines) is 1. The Hall–Kier alpha value is -3.28. The summed E-state index contributed by atoms with van der Waals surface area (Å²) in [7, 11) is -3.47. The minimum Gasteiger partial charge on any atom is -0.475 e. The van der Waals surface area contributed by atoms with Crippen molar-refractivity contribution in [3.63, 3.8) is 0 Å². The van der Waals surface area contributed by atoms with Gasteiger partial charge in [0, 0.05) is 44.2 Å². The molecule has 0 aliphatic carbocycles. The number of sulfonamides is 1. The quantitative estimate of drug-likeness (QED) is 0.426. The third-order valence-corrected chi connectivity index (χ3v) is 7.14. The van der Waals surface area contributed by atoms with Crippen molar-refractivity contribution in [1.82, 2.24) is 14.6 Å². The highest BCUT2D eigenvalue weighted by Crippen LogP contribution is 2.34. The Morgan fingerprint density at radius 1 is 0.950 bits per heavy atom. The molecule has 0 unspecified atom stereocenters. The molecular weight excluding hydrogens is 576 g/mol. The number of benzene rings is 1. The topological polar surface area (TPSA) is 146 Å². The molecular formula is C23H25F6N3O7S. The zero-order valence-electron chi connectivity index (χ0n) is 20.5. The zero-order valence-corrected chi connectivity index (χ0v) is 21.3. The molecule has 222 valence electrons. The van der Waals surface area contributed by atoms with E-state index < -0.39 is 34.3 Å². The van der Waals surface area contributed by atoms with Crippen molar-refractivity contribution in [1.29, 1.82) is 0 Å². The van der Waals surface area contributed by atoms with Crippen LogP contribution in [0, 0.1) is 11.8 Å². The summed E-state index contributed by atoms with van der Waals surface area (Å²) in [6, 6.07) is 14.4. The summed E-state index contributed by atoms with van der Waals surface area (Å²) >= 11 is 0. The predicted molar refractivity (Wildman–Crippen MR) is 125 cm³/mol. The second-order valence-corrected chi connectivity index (χ2v) is 10.3. The van der Waals surface area contributed by atoms with Gasteiger partial charge in [-0.2, -0.15) is 26.3 Å². The average Bonchev–Trinajstić information content (AvgIpc) is 3.44. The monoisotopic (exact) mass is 601 g/mol. The Balaban J connectivity index is 0.000000333. The van der Waals surface area contributed by atoms with E-state index in [9.17, 15) is 34.8 Å². The van der Waals surface area contributed by atoms with E-state index in [1.54, 1.807) is 24.3 Å². The highest BCUT2D eigenvalue weighted by Gasteiger charge is 2.44. The van der Waals surface area contributed by atoms with E-state index >= 15 is 0 Å². The molecule has 2 saturated heterocycles. The molecule has 2 aromatic rings. The zero-order chi connectivity index (χ0) is 30.1. The van der Waals surface area contributed by atoms with Crippen LogP contribution in [0.3, 0.4) is 0 Å². The fourth-order valence-electron chi connectivity index (χ4n) is 3.84. The number of carbonyl (C=O) groups is 2. The van der Waals surface area contributed by atoms with Crippen LogP contribution in [0.1, 0.15) is 5.69 Å². The molecule has 0 radical (unpaired) electrons. The molecule has 0 amide bonds. The number of carboxylic acid groups (broad SMARTS) is 2. The number of nitrogens with one attached hydrogen (secondary N) is 1. The van der Waals surface area contributed by atoms with Gasteiger partial charge in [-0.3, -0.25) is 9.88 Å². The van der Waals surface area contributed by atoms with Gasteiger partial charge in [0.15, 0.2) is 0 Å². The van der Waals surface area contributed by atoms with Gasteiger partial charge >= 0.3 is 24.3 Å². The Morgan fingerprint density at radius 2 is 1.50 bits per heavy atom. The highest BCUT2D eigenvalue weighted by atomic mass is 32.2. The molecule has 2 aliphatic rings. The fourth-order valence-corrected chi connectivity index (χ4v) is 4.96. The number of ether oxygens (including phenoxy) is 1. The van der Waals surface area contributed by atoms with Crippen LogP contribution in [0.25, 0.3) is 0 Å². The van der Waals surface area contributed by atoms with Crippen LogP contribution >= 0.6 is 0 Å². The number of halogens is 6. The van der Waals surface area contributed by atoms with E-state index in [1.165, 1.54) is 0 Å². The van der Waals surface area contributed by atoms with Crippen molar-refractivity contribution in [2.24, 2.45) is 11.8 Å². The van der Waals surface area contributed by atoms with Crippen molar-refractivity contribution in [2.45, 2.75) is 29.9 Å². The van der Waals surface area contributed by atoms with Crippen LogP contribution in [-0.4, -0.2) is 85.2 Å².